The van der Waals surface area contributed by atoms with Crippen LogP contribution in [0, 0.1) is 11.6 Å². The second kappa shape index (κ2) is 8.46. The lowest BCUT2D eigenvalue weighted by Gasteiger charge is -2.37. The van der Waals surface area contributed by atoms with Gasteiger partial charge in [-0.2, -0.15) is 0 Å². The van der Waals surface area contributed by atoms with E-state index in [0.717, 1.165) is 31.0 Å². The van der Waals surface area contributed by atoms with Crippen LogP contribution in [-0.4, -0.2) is 50.4 Å². The molecule has 32 heavy (non-hydrogen) atoms. The van der Waals surface area contributed by atoms with Crippen LogP contribution >= 0.6 is 0 Å². The second-order valence-electron chi connectivity index (χ2n) is 7.73. The number of hydrogen-bond donors (Lipinski definition) is 2. The fourth-order valence-corrected chi connectivity index (χ4v) is 3.70. The first-order chi connectivity index (χ1) is 15.5. The van der Waals surface area contributed by atoms with Crippen molar-refractivity contribution in [1.82, 2.24) is 30.2 Å². The standard InChI is InChI=1S/C22H20F2N6O2/c23-14-3-4-16-17(8-14)29-20(28-16)5-7-30-11-13(12-30)22-27-10-19(32-22)21(31)26-9-18-15(24)2-1-6-25-18/h1-4,6,8,10,13H,5,7,9,11-12H2,(H,26,31)(H,28,29). The van der Waals surface area contributed by atoms with E-state index in [1.165, 1.54) is 36.7 Å². The molecule has 2 N–H and O–H groups in total. The minimum Gasteiger partial charge on any atom is -0.435 e. The summed E-state index contributed by atoms with van der Waals surface area (Å²) in [5.41, 5.74) is 1.60. The molecule has 164 valence electrons. The molecule has 1 aliphatic rings. The molecule has 8 nitrogen and oxygen atoms in total. The predicted octanol–water partition coefficient (Wildman–Crippen LogP) is 2.80. The van der Waals surface area contributed by atoms with E-state index in [0.29, 0.717) is 17.8 Å². The second-order valence-corrected chi connectivity index (χ2v) is 7.73. The van der Waals surface area contributed by atoms with Crippen molar-refractivity contribution >= 4 is 16.9 Å². The zero-order valence-electron chi connectivity index (χ0n) is 17.0. The smallest absolute Gasteiger partial charge is 0.289 e. The number of rotatable bonds is 7. The molecule has 1 fully saturated rings. The Balaban J connectivity index is 1.10. The number of pyridine rings is 1. The molecular formula is C22H20F2N6O2. The van der Waals surface area contributed by atoms with E-state index in [2.05, 4.69) is 30.2 Å². The first kappa shape index (κ1) is 20.3. The van der Waals surface area contributed by atoms with Crippen LogP contribution in [0.2, 0.25) is 0 Å². The normalized spacial score (nSPS) is 14.6. The number of amides is 1. The molecule has 1 amide bonds. The van der Waals surface area contributed by atoms with Crippen molar-refractivity contribution in [1.29, 1.82) is 0 Å². The van der Waals surface area contributed by atoms with Crippen molar-refractivity contribution < 1.29 is 18.0 Å². The highest BCUT2D eigenvalue weighted by Crippen LogP contribution is 2.27. The summed E-state index contributed by atoms with van der Waals surface area (Å²) in [6, 6.07) is 7.29. The minimum atomic E-state index is -0.476. The number of aromatic amines is 1. The summed E-state index contributed by atoms with van der Waals surface area (Å²) < 4.78 is 32.5. The van der Waals surface area contributed by atoms with Gasteiger partial charge in [0.25, 0.3) is 5.91 Å². The molecule has 10 heteroatoms. The van der Waals surface area contributed by atoms with Crippen molar-refractivity contribution in [2.24, 2.45) is 0 Å². The van der Waals surface area contributed by atoms with E-state index in [1.807, 2.05) is 0 Å². The van der Waals surface area contributed by atoms with Gasteiger partial charge in [-0.25, -0.2) is 18.7 Å². The van der Waals surface area contributed by atoms with Gasteiger partial charge in [-0.1, -0.05) is 0 Å². The number of carbonyl (C=O) groups excluding carboxylic acids is 1. The number of imidazole rings is 1. The Morgan fingerprint density at radius 2 is 2.12 bits per heavy atom. The highest BCUT2D eigenvalue weighted by molar-refractivity contribution is 5.91. The average Bonchev–Trinajstić information content (AvgIpc) is 3.38. The lowest BCUT2D eigenvalue weighted by atomic mass is 10.00. The molecule has 0 atom stereocenters. The van der Waals surface area contributed by atoms with Crippen molar-refractivity contribution in [3.05, 3.63) is 77.5 Å². The van der Waals surface area contributed by atoms with Crippen molar-refractivity contribution in [3.63, 3.8) is 0 Å². The third-order valence-electron chi connectivity index (χ3n) is 5.46. The number of oxazole rings is 1. The highest BCUT2D eigenvalue weighted by Gasteiger charge is 2.32. The Hall–Kier alpha value is -3.66. The summed E-state index contributed by atoms with van der Waals surface area (Å²) in [5.74, 6) is 0.271. The summed E-state index contributed by atoms with van der Waals surface area (Å²) in [7, 11) is 0. The first-order valence-electron chi connectivity index (χ1n) is 10.2. The molecule has 0 aliphatic carbocycles. The predicted molar refractivity (Wildman–Crippen MR) is 111 cm³/mol. The van der Waals surface area contributed by atoms with Crippen molar-refractivity contribution in [3.8, 4) is 0 Å². The maximum atomic E-state index is 13.6. The molecule has 0 bridgehead atoms. The molecule has 0 saturated carbocycles. The Morgan fingerprint density at radius 1 is 1.25 bits per heavy atom. The number of nitrogens with one attached hydrogen (secondary N) is 2. The number of H-pyrrole nitrogens is 1. The Labute approximate surface area is 181 Å². The number of aromatic nitrogens is 4. The molecule has 5 rings (SSSR count). The Bertz CT molecular complexity index is 1260. The van der Waals surface area contributed by atoms with Crippen LogP contribution in [0.15, 0.2) is 47.1 Å². The van der Waals surface area contributed by atoms with E-state index in [4.69, 9.17) is 4.42 Å². The lowest BCUT2D eigenvalue weighted by Crippen LogP contribution is -2.45. The van der Waals surface area contributed by atoms with Crippen molar-refractivity contribution in [2.75, 3.05) is 19.6 Å². The van der Waals surface area contributed by atoms with Gasteiger partial charge in [-0.05, 0) is 24.3 Å². The minimum absolute atomic E-state index is 0.0345. The molecule has 1 saturated heterocycles. The van der Waals surface area contributed by atoms with Crippen LogP contribution in [-0.2, 0) is 13.0 Å². The summed E-state index contributed by atoms with van der Waals surface area (Å²) >= 11 is 0. The molecule has 0 radical (unpaired) electrons. The Morgan fingerprint density at radius 3 is 2.97 bits per heavy atom. The molecule has 0 spiro atoms. The number of benzene rings is 1. The molecular weight excluding hydrogens is 418 g/mol. The molecule has 4 aromatic rings. The van der Waals surface area contributed by atoms with E-state index >= 15 is 0 Å². The van der Waals surface area contributed by atoms with E-state index in [-0.39, 0.29) is 29.7 Å². The van der Waals surface area contributed by atoms with Gasteiger partial charge in [0.15, 0.2) is 0 Å². The Kier molecular flexibility index (Phi) is 5.36. The lowest BCUT2D eigenvalue weighted by molar-refractivity contribution is 0.0909. The molecule has 4 heterocycles. The number of fused-ring (bicyclic) bond motifs is 1. The van der Waals surface area contributed by atoms with Crippen LogP contribution in [0.3, 0.4) is 0 Å². The van der Waals surface area contributed by atoms with Gasteiger partial charge in [0.1, 0.15) is 17.5 Å². The van der Waals surface area contributed by atoms with Crippen LogP contribution < -0.4 is 5.32 Å². The molecule has 0 unspecified atom stereocenters. The molecule has 1 aromatic carbocycles. The van der Waals surface area contributed by atoms with Gasteiger partial charge in [-0.15, -0.1) is 0 Å². The van der Waals surface area contributed by atoms with E-state index in [1.54, 1.807) is 6.07 Å². The van der Waals surface area contributed by atoms with E-state index in [9.17, 15) is 13.6 Å². The summed E-state index contributed by atoms with van der Waals surface area (Å²) in [6.07, 6.45) is 3.56. The largest absolute Gasteiger partial charge is 0.435 e. The van der Waals surface area contributed by atoms with Gasteiger partial charge < -0.3 is 19.6 Å². The van der Waals surface area contributed by atoms with Gasteiger partial charge in [-0.3, -0.25) is 9.78 Å². The zero-order chi connectivity index (χ0) is 22.1. The number of halogens is 2. The van der Waals surface area contributed by atoms with Crippen LogP contribution in [0.5, 0.6) is 0 Å². The highest BCUT2D eigenvalue weighted by atomic mass is 19.1. The molecule has 1 aliphatic heterocycles. The average molecular weight is 438 g/mol. The maximum absolute atomic E-state index is 13.6. The van der Waals surface area contributed by atoms with Crippen LogP contribution in [0.1, 0.15) is 33.9 Å². The van der Waals surface area contributed by atoms with Crippen LogP contribution in [0.25, 0.3) is 11.0 Å². The van der Waals surface area contributed by atoms with Crippen LogP contribution in [0.4, 0.5) is 8.78 Å². The van der Waals surface area contributed by atoms with Gasteiger partial charge in [0.2, 0.25) is 11.7 Å². The fourth-order valence-electron chi connectivity index (χ4n) is 3.70. The van der Waals surface area contributed by atoms with Gasteiger partial charge in [0, 0.05) is 38.3 Å². The number of carbonyl (C=O) groups is 1. The topological polar surface area (TPSA) is 99.9 Å². The quantitative estimate of drug-likeness (QED) is 0.460. The number of nitrogens with zero attached hydrogens (tertiary/aromatic N) is 4. The van der Waals surface area contributed by atoms with Gasteiger partial charge in [0.05, 0.1) is 35.4 Å². The monoisotopic (exact) mass is 438 g/mol. The summed E-state index contributed by atoms with van der Waals surface area (Å²) in [5, 5.41) is 2.59. The third-order valence-corrected chi connectivity index (χ3v) is 5.46. The maximum Gasteiger partial charge on any atom is 0.289 e. The van der Waals surface area contributed by atoms with E-state index < -0.39 is 11.7 Å². The third kappa shape index (κ3) is 4.22. The fraction of sp³-hybridized carbons (Fsp3) is 0.273. The number of likely N-dealkylation sites (tertiary alicyclic amines) is 1. The zero-order valence-corrected chi connectivity index (χ0v) is 17.0. The summed E-state index contributed by atoms with van der Waals surface area (Å²) in [4.78, 5) is 30.2. The number of hydrogen-bond acceptors (Lipinski definition) is 6. The summed E-state index contributed by atoms with van der Waals surface area (Å²) in [6.45, 7) is 2.28. The van der Waals surface area contributed by atoms with Gasteiger partial charge >= 0.3 is 0 Å². The SMILES string of the molecule is O=C(NCc1ncccc1F)c1cnc(C2CN(CCc3nc4cc(F)ccc4[nH]3)C2)o1. The van der Waals surface area contributed by atoms with Crippen molar-refractivity contribution in [2.45, 2.75) is 18.9 Å². The molecule has 3 aromatic heterocycles. The first-order valence-corrected chi connectivity index (χ1v) is 10.2.